The number of rotatable bonds is 1. The van der Waals surface area contributed by atoms with Crippen molar-refractivity contribution in [2.45, 2.75) is 63.4 Å². The van der Waals surface area contributed by atoms with E-state index in [1.165, 1.54) is 32.1 Å². The van der Waals surface area contributed by atoms with Gasteiger partial charge in [-0.05, 0) is 43.4 Å². The van der Waals surface area contributed by atoms with Crippen LogP contribution in [0.4, 0.5) is 0 Å². The first-order valence-electron chi connectivity index (χ1n) is 6.91. The van der Waals surface area contributed by atoms with Crippen molar-refractivity contribution in [1.29, 1.82) is 0 Å². The zero-order chi connectivity index (χ0) is 11.2. The summed E-state index contributed by atoms with van der Waals surface area (Å²) >= 11 is 0. The van der Waals surface area contributed by atoms with Crippen LogP contribution >= 0.6 is 0 Å². The van der Waals surface area contributed by atoms with E-state index in [2.05, 4.69) is 0 Å². The number of aliphatic hydroxyl groups is 1. The molecule has 1 N–H and O–H groups in total. The Morgan fingerprint density at radius 1 is 1.00 bits per heavy atom. The Kier molecular flexibility index (Phi) is 2.58. The van der Waals surface area contributed by atoms with Gasteiger partial charge >= 0.3 is 0 Å². The molecule has 90 valence electrons. The molecule has 2 heteroatoms. The van der Waals surface area contributed by atoms with Gasteiger partial charge in [0, 0.05) is 12.8 Å². The van der Waals surface area contributed by atoms with Crippen molar-refractivity contribution in [3.05, 3.63) is 0 Å². The van der Waals surface area contributed by atoms with Crippen LogP contribution in [0.25, 0.3) is 0 Å². The van der Waals surface area contributed by atoms with Gasteiger partial charge in [-0.1, -0.05) is 19.3 Å². The summed E-state index contributed by atoms with van der Waals surface area (Å²) in [5.74, 6) is 1.99. The molecule has 0 saturated heterocycles. The van der Waals surface area contributed by atoms with Crippen LogP contribution in [0, 0.1) is 17.8 Å². The van der Waals surface area contributed by atoms with Crippen molar-refractivity contribution in [2.24, 2.45) is 17.8 Å². The lowest BCUT2D eigenvalue weighted by Crippen LogP contribution is -2.37. The molecule has 2 nitrogen and oxygen atoms in total. The summed E-state index contributed by atoms with van der Waals surface area (Å²) in [5, 5.41) is 10.8. The fraction of sp³-hybridized carbons (Fsp3) is 0.929. The second kappa shape index (κ2) is 3.83. The maximum absolute atomic E-state index is 11.4. The van der Waals surface area contributed by atoms with Gasteiger partial charge in [-0.2, -0.15) is 0 Å². The van der Waals surface area contributed by atoms with Gasteiger partial charge < -0.3 is 5.11 Å². The van der Waals surface area contributed by atoms with E-state index in [-0.39, 0.29) is 0 Å². The number of carbonyl (C=O) groups is 1. The fourth-order valence-electron chi connectivity index (χ4n) is 4.44. The average molecular weight is 222 g/mol. The molecule has 0 spiro atoms. The highest BCUT2D eigenvalue weighted by Crippen LogP contribution is 2.52. The highest BCUT2D eigenvalue weighted by atomic mass is 16.3. The normalized spacial score (nSPS) is 44.9. The van der Waals surface area contributed by atoms with Gasteiger partial charge in [-0.15, -0.1) is 0 Å². The molecule has 16 heavy (non-hydrogen) atoms. The Morgan fingerprint density at radius 2 is 1.56 bits per heavy atom. The van der Waals surface area contributed by atoms with Crippen molar-refractivity contribution in [2.75, 3.05) is 0 Å². The van der Waals surface area contributed by atoms with Crippen LogP contribution in [0.5, 0.6) is 0 Å². The summed E-state index contributed by atoms with van der Waals surface area (Å²) < 4.78 is 0. The lowest BCUT2D eigenvalue weighted by molar-refractivity contribution is -0.118. The number of Topliss-reactive ketones (excluding diaryl/α,β-unsaturated/α-hetero) is 1. The van der Waals surface area contributed by atoms with Gasteiger partial charge in [-0.3, -0.25) is 4.79 Å². The summed E-state index contributed by atoms with van der Waals surface area (Å²) in [6, 6.07) is 0. The Bertz CT molecular complexity index is 275. The molecule has 0 bridgehead atoms. The summed E-state index contributed by atoms with van der Waals surface area (Å²) in [4.78, 5) is 11.4. The Morgan fingerprint density at radius 3 is 2.12 bits per heavy atom. The van der Waals surface area contributed by atoms with Crippen molar-refractivity contribution in [3.63, 3.8) is 0 Å². The molecule has 2 atom stereocenters. The molecule has 3 aliphatic carbocycles. The molecule has 3 fully saturated rings. The third kappa shape index (κ3) is 1.71. The lowest BCUT2D eigenvalue weighted by Gasteiger charge is -2.36. The third-order valence-electron chi connectivity index (χ3n) is 5.24. The minimum Gasteiger partial charge on any atom is -0.390 e. The van der Waals surface area contributed by atoms with Gasteiger partial charge in [0.05, 0.1) is 5.60 Å². The number of fused-ring (bicyclic) bond motifs is 1. The second-order valence-corrected chi connectivity index (χ2v) is 6.31. The molecular weight excluding hydrogens is 200 g/mol. The van der Waals surface area contributed by atoms with Crippen LogP contribution in [-0.2, 0) is 4.79 Å². The monoisotopic (exact) mass is 222 g/mol. The van der Waals surface area contributed by atoms with Crippen LogP contribution in [0.15, 0.2) is 0 Å². The highest BCUT2D eigenvalue weighted by Gasteiger charge is 2.51. The van der Waals surface area contributed by atoms with E-state index in [0.717, 1.165) is 25.7 Å². The second-order valence-electron chi connectivity index (χ2n) is 6.31. The minimum atomic E-state index is -0.406. The Hall–Kier alpha value is -0.370. The van der Waals surface area contributed by atoms with Crippen molar-refractivity contribution in [3.8, 4) is 0 Å². The van der Waals surface area contributed by atoms with Crippen LogP contribution in [-0.4, -0.2) is 16.5 Å². The van der Waals surface area contributed by atoms with Crippen molar-refractivity contribution >= 4 is 5.78 Å². The molecule has 0 aromatic rings. The molecule has 0 aromatic carbocycles. The predicted molar refractivity (Wildman–Crippen MR) is 62.0 cm³/mol. The van der Waals surface area contributed by atoms with E-state index in [4.69, 9.17) is 0 Å². The SMILES string of the molecule is O=C1CC2CC(O)(C3CCCCC3)CC2C1. The predicted octanol–water partition coefficient (Wildman–Crippen LogP) is 2.69. The molecule has 0 amide bonds. The van der Waals surface area contributed by atoms with Gasteiger partial charge in [0.1, 0.15) is 5.78 Å². The molecule has 0 aliphatic heterocycles. The molecule has 0 radical (unpaired) electrons. The van der Waals surface area contributed by atoms with Gasteiger partial charge in [0.15, 0.2) is 0 Å². The minimum absolute atomic E-state index is 0.406. The molecule has 3 saturated carbocycles. The van der Waals surface area contributed by atoms with E-state index in [1.54, 1.807) is 0 Å². The van der Waals surface area contributed by atoms with E-state index in [9.17, 15) is 9.90 Å². The quantitative estimate of drug-likeness (QED) is 0.740. The van der Waals surface area contributed by atoms with E-state index in [1.807, 2.05) is 0 Å². The maximum Gasteiger partial charge on any atom is 0.133 e. The third-order valence-corrected chi connectivity index (χ3v) is 5.24. The number of hydrogen-bond acceptors (Lipinski definition) is 2. The molecule has 3 rings (SSSR count). The largest absolute Gasteiger partial charge is 0.390 e. The van der Waals surface area contributed by atoms with Crippen LogP contribution in [0.2, 0.25) is 0 Å². The van der Waals surface area contributed by atoms with Crippen LogP contribution in [0.1, 0.15) is 57.8 Å². The zero-order valence-electron chi connectivity index (χ0n) is 9.95. The molecule has 2 unspecified atom stereocenters. The van der Waals surface area contributed by atoms with Gasteiger partial charge in [0.2, 0.25) is 0 Å². The summed E-state index contributed by atoms with van der Waals surface area (Å²) in [6.07, 6.45) is 9.68. The van der Waals surface area contributed by atoms with Crippen LogP contribution in [0.3, 0.4) is 0 Å². The molecule has 3 aliphatic rings. The first kappa shape index (κ1) is 10.8. The van der Waals surface area contributed by atoms with Crippen molar-refractivity contribution < 1.29 is 9.90 Å². The summed E-state index contributed by atoms with van der Waals surface area (Å²) in [6.45, 7) is 0. The lowest BCUT2D eigenvalue weighted by atomic mass is 9.75. The average Bonchev–Trinajstić information content (AvgIpc) is 2.73. The summed E-state index contributed by atoms with van der Waals surface area (Å²) in [7, 11) is 0. The van der Waals surface area contributed by atoms with Crippen molar-refractivity contribution in [1.82, 2.24) is 0 Å². The Balaban J connectivity index is 1.69. The van der Waals surface area contributed by atoms with E-state index in [0.29, 0.717) is 23.5 Å². The number of carbonyl (C=O) groups excluding carboxylic acids is 1. The summed E-state index contributed by atoms with van der Waals surface area (Å²) in [5.41, 5.74) is -0.406. The first-order chi connectivity index (χ1) is 7.67. The standard InChI is InChI=1S/C14H22O2/c15-13-6-10-8-14(16,9-11(10)7-13)12-4-2-1-3-5-12/h10-12,16H,1-9H2. The zero-order valence-corrected chi connectivity index (χ0v) is 9.95. The smallest absolute Gasteiger partial charge is 0.133 e. The maximum atomic E-state index is 11.4. The molecule has 0 aromatic heterocycles. The van der Waals surface area contributed by atoms with E-state index >= 15 is 0 Å². The van der Waals surface area contributed by atoms with Crippen LogP contribution < -0.4 is 0 Å². The van der Waals surface area contributed by atoms with Gasteiger partial charge in [-0.25, -0.2) is 0 Å². The fourth-order valence-corrected chi connectivity index (χ4v) is 4.44. The highest BCUT2D eigenvalue weighted by molar-refractivity contribution is 5.81. The van der Waals surface area contributed by atoms with E-state index < -0.39 is 5.60 Å². The number of hydrogen-bond donors (Lipinski definition) is 1. The van der Waals surface area contributed by atoms with Gasteiger partial charge in [0.25, 0.3) is 0 Å². The molecule has 0 heterocycles. The molecular formula is C14H22O2. The Labute approximate surface area is 97.4 Å². The topological polar surface area (TPSA) is 37.3 Å². The number of ketones is 1. The first-order valence-corrected chi connectivity index (χ1v) is 6.91.